The van der Waals surface area contributed by atoms with Gasteiger partial charge < -0.3 is 14.6 Å². The number of hydrogen-bond donors (Lipinski definition) is 1. The molecule has 0 aliphatic carbocycles. The number of aryl methyl sites for hydroxylation is 2. The van der Waals surface area contributed by atoms with Crippen molar-refractivity contribution in [3.63, 3.8) is 0 Å². The van der Waals surface area contributed by atoms with Gasteiger partial charge in [0.15, 0.2) is 16.9 Å². The molecule has 0 spiro atoms. The zero-order valence-corrected chi connectivity index (χ0v) is 20.3. The number of benzene rings is 2. The standard InChI is InChI=1S/C26H23N5O3S/c1-4-31-20-9-6-5-8-18(20)19-14-17(10-11-21(19)31)30-24(32)16(3)34-26(33)22-15(2)29-25(35-22)23-27-12-7-13-28-23/h5-14,16H,4H2,1-3H3,(H,30,32). The Hall–Kier alpha value is -4.11. The summed E-state index contributed by atoms with van der Waals surface area (Å²) >= 11 is 1.14. The van der Waals surface area contributed by atoms with Crippen molar-refractivity contribution in [1.29, 1.82) is 0 Å². The molecule has 1 amide bonds. The molecule has 0 saturated heterocycles. The summed E-state index contributed by atoms with van der Waals surface area (Å²) in [7, 11) is 0. The second-order valence-electron chi connectivity index (χ2n) is 8.04. The van der Waals surface area contributed by atoms with Crippen molar-refractivity contribution in [1.82, 2.24) is 19.5 Å². The van der Waals surface area contributed by atoms with E-state index in [1.807, 2.05) is 30.3 Å². The Bertz CT molecular complexity index is 1560. The number of esters is 1. The zero-order valence-electron chi connectivity index (χ0n) is 19.5. The average molecular weight is 486 g/mol. The normalized spacial score (nSPS) is 12.1. The van der Waals surface area contributed by atoms with Crippen molar-refractivity contribution in [2.45, 2.75) is 33.4 Å². The van der Waals surface area contributed by atoms with Gasteiger partial charge in [0, 0.05) is 46.4 Å². The highest BCUT2D eigenvalue weighted by Gasteiger charge is 2.24. The molecule has 0 aliphatic heterocycles. The first kappa shape index (κ1) is 22.7. The Balaban J connectivity index is 1.32. The molecular weight excluding hydrogens is 462 g/mol. The molecule has 0 radical (unpaired) electrons. The van der Waals surface area contributed by atoms with E-state index >= 15 is 0 Å². The highest BCUT2D eigenvalue weighted by atomic mass is 32.1. The minimum atomic E-state index is -0.992. The summed E-state index contributed by atoms with van der Waals surface area (Å²) in [4.78, 5) is 38.6. The number of para-hydroxylation sites is 1. The molecule has 8 nitrogen and oxygen atoms in total. The maximum absolute atomic E-state index is 12.8. The van der Waals surface area contributed by atoms with Gasteiger partial charge in [-0.25, -0.2) is 19.7 Å². The number of ether oxygens (including phenoxy) is 1. The summed E-state index contributed by atoms with van der Waals surface area (Å²) in [5.74, 6) is -0.581. The molecule has 35 heavy (non-hydrogen) atoms. The molecule has 3 heterocycles. The number of amides is 1. The lowest BCUT2D eigenvalue weighted by atomic mass is 10.1. The molecule has 5 aromatic rings. The lowest BCUT2D eigenvalue weighted by Crippen LogP contribution is -2.29. The second-order valence-corrected chi connectivity index (χ2v) is 9.04. The summed E-state index contributed by atoms with van der Waals surface area (Å²) in [6.07, 6.45) is 2.23. The van der Waals surface area contributed by atoms with Crippen molar-refractivity contribution >= 4 is 50.7 Å². The third-order valence-corrected chi connectivity index (χ3v) is 6.88. The molecule has 5 rings (SSSR count). The van der Waals surface area contributed by atoms with E-state index in [4.69, 9.17) is 4.74 Å². The molecule has 1 unspecified atom stereocenters. The minimum absolute atomic E-state index is 0.320. The Morgan fingerprint density at radius 3 is 2.57 bits per heavy atom. The number of hydrogen-bond acceptors (Lipinski definition) is 7. The van der Waals surface area contributed by atoms with Crippen LogP contribution < -0.4 is 5.32 Å². The highest BCUT2D eigenvalue weighted by Crippen LogP contribution is 2.31. The van der Waals surface area contributed by atoms with E-state index < -0.39 is 18.0 Å². The molecular formula is C26H23N5O3S. The van der Waals surface area contributed by atoms with Crippen molar-refractivity contribution in [3.8, 4) is 10.8 Å². The van der Waals surface area contributed by atoms with Crippen LogP contribution in [0, 0.1) is 6.92 Å². The van der Waals surface area contributed by atoms with Crippen LogP contribution in [-0.4, -0.2) is 37.5 Å². The van der Waals surface area contributed by atoms with Crippen LogP contribution in [-0.2, 0) is 16.1 Å². The Morgan fingerprint density at radius 1 is 1.06 bits per heavy atom. The van der Waals surface area contributed by atoms with E-state index in [9.17, 15) is 9.59 Å². The lowest BCUT2D eigenvalue weighted by Gasteiger charge is -2.13. The van der Waals surface area contributed by atoms with E-state index in [0.29, 0.717) is 27.1 Å². The van der Waals surface area contributed by atoms with Gasteiger partial charge >= 0.3 is 5.97 Å². The lowest BCUT2D eigenvalue weighted by molar-refractivity contribution is -0.123. The molecule has 0 bridgehead atoms. The van der Waals surface area contributed by atoms with Gasteiger partial charge in [-0.3, -0.25) is 4.79 Å². The maximum Gasteiger partial charge on any atom is 0.351 e. The van der Waals surface area contributed by atoms with Gasteiger partial charge in [-0.2, -0.15) is 0 Å². The fraction of sp³-hybridized carbons (Fsp3) is 0.192. The highest BCUT2D eigenvalue weighted by molar-refractivity contribution is 7.16. The molecule has 0 saturated carbocycles. The summed E-state index contributed by atoms with van der Waals surface area (Å²) in [6, 6.07) is 15.7. The monoisotopic (exact) mass is 485 g/mol. The predicted molar refractivity (Wildman–Crippen MR) is 137 cm³/mol. The number of carbonyl (C=O) groups is 2. The SMILES string of the molecule is CCn1c2ccccc2c2cc(NC(=O)C(C)OC(=O)c3sc(-c4ncccn4)nc3C)ccc21. The van der Waals surface area contributed by atoms with Crippen LogP contribution in [0.4, 0.5) is 5.69 Å². The van der Waals surface area contributed by atoms with Crippen LogP contribution in [0.2, 0.25) is 0 Å². The first-order chi connectivity index (χ1) is 17.0. The van der Waals surface area contributed by atoms with Crippen molar-refractivity contribution in [3.05, 3.63) is 71.5 Å². The third kappa shape index (κ3) is 4.26. The first-order valence-corrected chi connectivity index (χ1v) is 12.1. The largest absolute Gasteiger partial charge is 0.448 e. The second kappa shape index (κ2) is 9.27. The zero-order chi connectivity index (χ0) is 24.5. The number of fused-ring (bicyclic) bond motifs is 3. The number of rotatable bonds is 6. The quantitative estimate of drug-likeness (QED) is 0.331. The fourth-order valence-electron chi connectivity index (χ4n) is 4.07. The molecule has 1 atom stereocenters. The minimum Gasteiger partial charge on any atom is -0.448 e. The van der Waals surface area contributed by atoms with Crippen molar-refractivity contribution < 1.29 is 14.3 Å². The average Bonchev–Trinajstić information content (AvgIpc) is 3.42. The van der Waals surface area contributed by atoms with Gasteiger partial charge in [0.2, 0.25) is 0 Å². The van der Waals surface area contributed by atoms with Gasteiger partial charge in [0.25, 0.3) is 5.91 Å². The van der Waals surface area contributed by atoms with Crippen LogP contribution >= 0.6 is 11.3 Å². The molecule has 3 aromatic heterocycles. The van der Waals surface area contributed by atoms with E-state index in [1.165, 1.54) is 0 Å². The third-order valence-electron chi connectivity index (χ3n) is 5.75. The Labute approximate surface area is 205 Å². The van der Waals surface area contributed by atoms with E-state index in [1.54, 1.807) is 32.3 Å². The number of carbonyl (C=O) groups excluding carboxylic acids is 2. The smallest absolute Gasteiger partial charge is 0.351 e. The predicted octanol–water partition coefficient (Wildman–Crippen LogP) is 5.22. The maximum atomic E-state index is 12.8. The summed E-state index contributed by atoms with van der Waals surface area (Å²) < 4.78 is 7.70. The van der Waals surface area contributed by atoms with E-state index in [2.05, 4.69) is 43.9 Å². The van der Waals surface area contributed by atoms with Crippen LogP contribution in [0.3, 0.4) is 0 Å². The first-order valence-electron chi connectivity index (χ1n) is 11.2. The topological polar surface area (TPSA) is 99.0 Å². The van der Waals surface area contributed by atoms with Crippen LogP contribution in [0.25, 0.3) is 32.6 Å². The van der Waals surface area contributed by atoms with Crippen LogP contribution in [0.1, 0.15) is 29.2 Å². The van der Waals surface area contributed by atoms with Crippen molar-refractivity contribution in [2.24, 2.45) is 0 Å². The Morgan fingerprint density at radius 2 is 1.80 bits per heavy atom. The molecule has 0 fully saturated rings. The molecule has 9 heteroatoms. The fourth-order valence-corrected chi connectivity index (χ4v) is 4.97. The number of thiazole rings is 1. The number of aromatic nitrogens is 4. The van der Waals surface area contributed by atoms with E-state index in [0.717, 1.165) is 39.7 Å². The Kier molecular flexibility index (Phi) is 6.00. The number of anilines is 1. The van der Waals surface area contributed by atoms with Gasteiger partial charge in [-0.1, -0.05) is 18.2 Å². The summed E-state index contributed by atoms with van der Waals surface area (Å²) in [6.45, 7) is 6.22. The summed E-state index contributed by atoms with van der Waals surface area (Å²) in [5.41, 5.74) is 3.40. The van der Waals surface area contributed by atoms with Gasteiger partial charge in [0.05, 0.1) is 5.69 Å². The number of nitrogens with one attached hydrogen (secondary N) is 1. The van der Waals surface area contributed by atoms with Gasteiger partial charge in [0.1, 0.15) is 4.88 Å². The molecule has 176 valence electrons. The van der Waals surface area contributed by atoms with E-state index in [-0.39, 0.29) is 0 Å². The molecule has 0 aliphatic rings. The van der Waals surface area contributed by atoms with Gasteiger partial charge in [-0.15, -0.1) is 11.3 Å². The van der Waals surface area contributed by atoms with Crippen LogP contribution in [0.15, 0.2) is 60.9 Å². The molecule has 2 aromatic carbocycles. The summed E-state index contributed by atoms with van der Waals surface area (Å²) in [5, 5.41) is 5.57. The molecule has 1 N–H and O–H groups in total. The number of nitrogens with zero attached hydrogens (tertiary/aromatic N) is 4. The van der Waals surface area contributed by atoms with Crippen LogP contribution in [0.5, 0.6) is 0 Å². The van der Waals surface area contributed by atoms with Crippen molar-refractivity contribution in [2.75, 3.05) is 5.32 Å². The van der Waals surface area contributed by atoms with Gasteiger partial charge in [-0.05, 0) is 51.1 Å².